The average molecular weight is 218 g/mol. The molecule has 0 N–H and O–H groups in total. The molecule has 0 heterocycles. The Morgan fingerprint density at radius 2 is 2.12 bits per heavy atom. The van der Waals surface area contributed by atoms with Crippen LogP contribution in [-0.2, 0) is 9.53 Å². The van der Waals surface area contributed by atoms with Gasteiger partial charge in [-0.2, -0.15) is 0 Å². The van der Waals surface area contributed by atoms with Gasteiger partial charge in [0.25, 0.3) is 0 Å². The van der Waals surface area contributed by atoms with Gasteiger partial charge in [-0.3, -0.25) is 0 Å². The molecule has 0 aromatic heterocycles. The molecule has 16 heavy (non-hydrogen) atoms. The number of carbonyl (C=O) groups excluding carboxylic acids is 1. The predicted molar refractivity (Wildman–Crippen MR) is 62.9 cm³/mol. The summed E-state index contributed by atoms with van der Waals surface area (Å²) in [6.07, 6.45) is 1.65. The normalized spacial score (nSPS) is 9.31. The SMILES string of the molecule is C=Cc1ccccc1OC(=C)C(=O)OCC. The molecule has 1 aromatic rings. The van der Waals surface area contributed by atoms with Crippen molar-refractivity contribution in [3.8, 4) is 5.75 Å². The summed E-state index contributed by atoms with van der Waals surface area (Å²) in [5.74, 6) is -0.0481. The molecule has 0 atom stereocenters. The maximum Gasteiger partial charge on any atom is 0.373 e. The Balaban J connectivity index is 2.76. The van der Waals surface area contributed by atoms with Crippen LogP contribution in [0.15, 0.2) is 43.2 Å². The van der Waals surface area contributed by atoms with E-state index in [1.807, 2.05) is 12.1 Å². The fraction of sp³-hybridized carbons (Fsp3) is 0.154. The third-order valence-electron chi connectivity index (χ3n) is 1.88. The molecule has 0 aliphatic rings. The Morgan fingerprint density at radius 1 is 1.44 bits per heavy atom. The lowest BCUT2D eigenvalue weighted by molar-refractivity contribution is -0.140. The highest BCUT2D eigenvalue weighted by Gasteiger charge is 2.11. The number of carbonyl (C=O) groups is 1. The smallest absolute Gasteiger partial charge is 0.373 e. The third-order valence-corrected chi connectivity index (χ3v) is 1.88. The highest BCUT2D eigenvalue weighted by Crippen LogP contribution is 2.21. The minimum absolute atomic E-state index is 0.0313. The van der Waals surface area contributed by atoms with Crippen molar-refractivity contribution in [3.05, 3.63) is 48.7 Å². The number of benzene rings is 1. The van der Waals surface area contributed by atoms with Gasteiger partial charge in [-0.1, -0.05) is 30.9 Å². The van der Waals surface area contributed by atoms with Gasteiger partial charge in [0.05, 0.1) is 6.61 Å². The van der Waals surface area contributed by atoms with Gasteiger partial charge in [0.15, 0.2) is 0 Å². The van der Waals surface area contributed by atoms with Crippen LogP contribution in [0.3, 0.4) is 0 Å². The summed E-state index contributed by atoms with van der Waals surface area (Å²) in [5, 5.41) is 0. The van der Waals surface area contributed by atoms with Crippen LogP contribution in [0.4, 0.5) is 0 Å². The molecular formula is C13H14O3. The van der Waals surface area contributed by atoms with Crippen molar-refractivity contribution in [2.45, 2.75) is 6.92 Å². The first-order chi connectivity index (χ1) is 7.69. The molecule has 0 aliphatic heterocycles. The molecule has 0 bridgehead atoms. The van der Waals surface area contributed by atoms with Gasteiger partial charge in [-0.15, -0.1) is 0 Å². The summed E-state index contributed by atoms with van der Waals surface area (Å²) in [4.78, 5) is 11.3. The summed E-state index contributed by atoms with van der Waals surface area (Å²) >= 11 is 0. The molecule has 3 nitrogen and oxygen atoms in total. The van der Waals surface area contributed by atoms with Gasteiger partial charge >= 0.3 is 5.97 Å². The highest BCUT2D eigenvalue weighted by atomic mass is 16.6. The zero-order valence-corrected chi connectivity index (χ0v) is 9.23. The minimum atomic E-state index is -0.554. The van der Waals surface area contributed by atoms with Crippen LogP contribution in [0, 0.1) is 0 Å². The fourth-order valence-electron chi connectivity index (χ4n) is 1.13. The zero-order valence-electron chi connectivity index (χ0n) is 9.23. The van der Waals surface area contributed by atoms with Crippen LogP contribution in [0.1, 0.15) is 12.5 Å². The summed E-state index contributed by atoms with van der Waals surface area (Å²) in [6, 6.07) is 7.24. The Bertz CT molecular complexity index is 407. The molecule has 0 amide bonds. The monoisotopic (exact) mass is 218 g/mol. The number of hydrogen-bond acceptors (Lipinski definition) is 3. The van der Waals surface area contributed by atoms with Crippen LogP contribution in [-0.4, -0.2) is 12.6 Å². The largest absolute Gasteiger partial charge is 0.460 e. The summed E-state index contributed by atoms with van der Waals surface area (Å²) < 4.78 is 10.1. The van der Waals surface area contributed by atoms with E-state index < -0.39 is 5.97 Å². The van der Waals surface area contributed by atoms with Crippen molar-refractivity contribution in [3.63, 3.8) is 0 Å². The predicted octanol–water partition coefficient (Wildman–Crippen LogP) is 2.79. The Kier molecular flexibility index (Phi) is 4.33. The average Bonchev–Trinajstić information content (AvgIpc) is 2.30. The van der Waals surface area contributed by atoms with Gasteiger partial charge < -0.3 is 9.47 Å². The lowest BCUT2D eigenvalue weighted by Crippen LogP contribution is -2.11. The second-order valence-electron chi connectivity index (χ2n) is 2.99. The topological polar surface area (TPSA) is 35.5 Å². The number of ether oxygens (including phenoxy) is 2. The van der Waals surface area contributed by atoms with Crippen molar-refractivity contribution in [2.75, 3.05) is 6.61 Å². The van der Waals surface area contributed by atoms with Crippen LogP contribution in [0.25, 0.3) is 6.08 Å². The van der Waals surface area contributed by atoms with Crippen LogP contribution < -0.4 is 4.74 Å². The van der Waals surface area contributed by atoms with Crippen molar-refractivity contribution >= 4 is 12.0 Å². The third kappa shape index (κ3) is 2.98. The fourth-order valence-corrected chi connectivity index (χ4v) is 1.13. The Labute approximate surface area is 95.0 Å². The van der Waals surface area contributed by atoms with Crippen molar-refractivity contribution in [1.82, 2.24) is 0 Å². The summed E-state index contributed by atoms with van der Waals surface area (Å²) in [7, 11) is 0. The van der Waals surface area contributed by atoms with E-state index in [4.69, 9.17) is 9.47 Å². The molecule has 3 heteroatoms. The zero-order chi connectivity index (χ0) is 12.0. The Hall–Kier alpha value is -2.03. The first-order valence-electron chi connectivity index (χ1n) is 4.94. The maximum atomic E-state index is 11.3. The van der Waals surface area contributed by atoms with Crippen molar-refractivity contribution in [2.24, 2.45) is 0 Å². The first-order valence-corrected chi connectivity index (χ1v) is 4.94. The molecule has 0 saturated heterocycles. The molecule has 0 fully saturated rings. The lowest BCUT2D eigenvalue weighted by atomic mass is 10.2. The molecule has 0 spiro atoms. The minimum Gasteiger partial charge on any atom is -0.460 e. The summed E-state index contributed by atoms with van der Waals surface area (Å²) in [6.45, 7) is 9.19. The maximum absolute atomic E-state index is 11.3. The van der Waals surface area contributed by atoms with Gasteiger partial charge in [-0.25, -0.2) is 4.79 Å². The lowest BCUT2D eigenvalue weighted by Gasteiger charge is -2.09. The van der Waals surface area contributed by atoms with E-state index in [1.54, 1.807) is 25.1 Å². The Morgan fingerprint density at radius 3 is 2.75 bits per heavy atom. The quantitative estimate of drug-likeness (QED) is 0.433. The molecule has 0 unspecified atom stereocenters. The van der Waals surface area contributed by atoms with Gasteiger partial charge in [0.1, 0.15) is 5.75 Å². The van der Waals surface area contributed by atoms with Crippen LogP contribution in [0.2, 0.25) is 0 Å². The number of esters is 1. The van der Waals surface area contributed by atoms with E-state index in [2.05, 4.69) is 13.2 Å². The van der Waals surface area contributed by atoms with Crippen molar-refractivity contribution < 1.29 is 14.3 Å². The van der Waals surface area contributed by atoms with E-state index in [1.165, 1.54) is 0 Å². The number of para-hydroxylation sites is 1. The molecule has 1 rings (SSSR count). The van der Waals surface area contributed by atoms with E-state index in [-0.39, 0.29) is 5.76 Å². The second-order valence-corrected chi connectivity index (χ2v) is 2.99. The second kappa shape index (κ2) is 5.75. The summed E-state index contributed by atoms with van der Waals surface area (Å²) in [5.41, 5.74) is 0.799. The first kappa shape index (κ1) is 12.0. The van der Waals surface area contributed by atoms with Gasteiger partial charge in [-0.05, 0) is 19.6 Å². The number of rotatable bonds is 5. The standard InChI is InChI=1S/C13H14O3/c1-4-11-8-6-7-9-12(11)16-10(3)13(14)15-5-2/h4,6-9H,1,3,5H2,2H3. The molecule has 84 valence electrons. The highest BCUT2D eigenvalue weighted by molar-refractivity contribution is 5.86. The number of hydrogen-bond donors (Lipinski definition) is 0. The van der Waals surface area contributed by atoms with E-state index in [0.29, 0.717) is 12.4 Å². The van der Waals surface area contributed by atoms with Crippen LogP contribution in [0.5, 0.6) is 5.75 Å². The molecule has 0 aliphatic carbocycles. The molecule has 1 aromatic carbocycles. The van der Waals surface area contributed by atoms with Gasteiger partial charge in [0.2, 0.25) is 5.76 Å². The van der Waals surface area contributed by atoms with Crippen LogP contribution >= 0.6 is 0 Å². The molecule has 0 radical (unpaired) electrons. The van der Waals surface area contributed by atoms with E-state index >= 15 is 0 Å². The molecular weight excluding hydrogens is 204 g/mol. The van der Waals surface area contributed by atoms with E-state index in [0.717, 1.165) is 5.56 Å². The van der Waals surface area contributed by atoms with Gasteiger partial charge in [0, 0.05) is 5.56 Å². The van der Waals surface area contributed by atoms with Crippen molar-refractivity contribution in [1.29, 1.82) is 0 Å². The van der Waals surface area contributed by atoms with E-state index in [9.17, 15) is 4.79 Å². The molecule has 0 saturated carbocycles.